The molecule has 0 aliphatic rings. The second-order valence-electron chi connectivity index (χ2n) is 2.79. The maximum absolute atomic E-state index is 12.1. The molecule has 0 heterocycles. The summed E-state index contributed by atoms with van der Waals surface area (Å²) in [6, 6.07) is 0. The van der Waals surface area contributed by atoms with Gasteiger partial charge in [-0.25, -0.2) is 0 Å². The first-order valence-corrected chi connectivity index (χ1v) is 4.15. The first kappa shape index (κ1) is 14.8. The third kappa shape index (κ3) is 3.42. The maximum atomic E-state index is 12.1. The van der Waals surface area contributed by atoms with E-state index in [0.717, 1.165) is 0 Å². The molecule has 0 bridgehead atoms. The minimum absolute atomic E-state index is 0.0501. The minimum Gasteiger partial charge on any atom is -0.357 e. The average molecular weight is 257 g/mol. The van der Waals surface area contributed by atoms with Crippen LogP contribution in [0.4, 0.5) is 26.3 Å². The van der Waals surface area contributed by atoms with Gasteiger partial charge < -0.3 is 4.74 Å². The summed E-state index contributed by atoms with van der Waals surface area (Å²) >= 11 is 3.40. The lowest BCUT2D eigenvalue weighted by Crippen LogP contribution is -2.56. The molecule has 0 amide bonds. The Morgan fingerprint density at radius 2 is 1.47 bits per heavy atom. The molecule has 1 N–H and O–H groups in total. The quantitative estimate of drug-likeness (QED) is 0.458. The first-order valence-electron chi connectivity index (χ1n) is 3.70. The highest BCUT2D eigenvalue weighted by Gasteiger charge is 2.69. The van der Waals surface area contributed by atoms with Gasteiger partial charge in [-0.2, -0.15) is 26.3 Å². The minimum atomic E-state index is -5.51. The molecular weight excluding hydrogens is 248 g/mol. The second-order valence-corrected chi connectivity index (χ2v) is 3.10. The van der Waals surface area contributed by atoms with Crippen LogP contribution in [0.5, 0.6) is 0 Å². The molecule has 0 saturated heterocycles. The lowest BCUT2D eigenvalue weighted by Gasteiger charge is -2.33. The highest BCUT2D eigenvalue weighted by atomic mass is 32.1. The number of rotatable bonds is 4. The first-order chi connectivity index (χ1) is 6.56. The van der Waals surface area contributed by atoms with E-state index in [-0.39, 0.29) is 13.5 Å². The van der Waals surface area contributed by atoms with Crippen molar-refractivity contribution < 1.29 is 31.1 Å². The third-order valence-corrected chi connectivity index (χ3v) is 1.91. The smallest absolute Gasteiger partial charge is 0.357 e. The number of halogens is 6. The lowest BCUT2D eigenvalue weighted by molar-refractivity contribution is -0.373. The molecule has 0 spiro atoms. The van der Waals surface area contributed by atoms with Gasteiger partial charge in [0.2, 0.25) is 0 Å². The van der Waals surface area contributed by atoms with Gasteiger partial charge in [0.25, 0.3) is 5.60 Å². The second kappa shape index (κ2) is 4.79. The van der Waals surface area contributed by atoms with E-state index in [1.807, 2.05) is 0 Å². The van der Waals surface area contributed by atoms with Crippen LogP contribution >= 0.6 is 12.8 Å². The maximum Gasteiger partial charge on any atom is 0.426 e. The number of hydrogen-bond donors (Lipinski definition) is 2. The zero-order valence-corrected chi connectivity index (χ0v) is 8.43. The molecule has 15 heavy (non-hydrogen) atoms. The SMILES string of the molecule is CC(OCCNS)(C(F)(F)F)C(F)(F)F. The highest BCUT2D eigenvalue weighted by Crippen LogP contribution is 2.45. The molecule has 0 aromatic carbocycles. The van der Waals surface area contributed by atoms with Gasteiger partial charge in [-0.05, 0) is 6.92 Å². The van der Waals surface area contributed by atoms with Gasteiger partial charge in [0.05, 0.1) is 6.61 Å². The molecule has 92 valence electrons. The van der Waals surface area contributed by atoms with E-state index in [1.54, 1.807) is 0 Å². The Labute approximate surface area is 87.5 Å². The number of hydrogen-bond acceptors (Lipinski definition) is 3. The average Bonchev–Trinajstić information content (AvgIpc) is 2.00. The van der Waals surface area contributed by atoms with E-state index >= 15 is 0 Å². The predicted octanol–water partition coefficient (Wildman–Crippen LogP) is 2.32. The summed E-state index contributed by atoms with van der Waals surface area (Å²) in [6.07, 6.45) is -11.0. The molecule has 0 unspecified atom stereocenters. The van der Waals surface area contributed by atoms with Crippen LogP contribution in [0, 0.1) is 0 Å². The van der Waals surface area contributed by atoms with Crippen molar-refractivity contribution in [1.29, 1.82) is 0 Å². The third-order valence-electron chi connectivity index (χ3n) is 1.69. The van der Waals surface area contributed by atoms with Crippen molar-refractivity contribution in [3.05, 3.63) is 0 Å². The zero-order valence-electron chi connectivity index (χ0n) is 7.54. The van der Waals surface area contributed by atoms with Gasteiger partial charge in [-0.3, -0.25) is 4.72 Å². The Morgan fingerprint density at radius 3 is 1.73 bits per heavy atom. The van der Waals surface area contributed by atoms with Gasteiger partial charge in [0, 0.05) is 6.54 Å². The van der Waals surface area contributed by atoms with E-state index in [9.17, 15) is 26.3 Å². The van der Waals surface area contributed by atoms with Crippen molar-refractivity contribution in [1.82, 2.24) is 4.72 Å². The fourth-order valence-corrected chi connectivity index (χ4v) is 0.716. The van der Waals surface area contributed by atoms with E-state index < -0.39 is 24.6 Å². The van der Waals surface area contributed by atoms with Crippen LogP contribution in [0.3, 0.4) is 0 Å². The summed E-state index contributed by atoms with van der Waals surface area (Å²) in [7, 11) is 0. The Kier molecular flexibility index (Phi) is 4.74. The molecule has 0 fully saturated rings. The van der Waals surface area contributed by atoms with Crippen LogP contribution in [-0.2, 0) is 4.74 Å². The van der Waals surface area contributed by atoms with Crippen LogP contribution in [0.2, 0.25) is 0 Å². The number of nitrogens with one attached hydrogen (secondary N) is 1. The highest BCUT2D eigenvalue weighted by molar-refractivity contribution is 7.78. The normalized spacial score (nSPS) is 14.4. The topological polar surface area (TPSA) is 21.3 Å². The van der Waals surface area contributed by atoms with Crippen molar-refractivity contribution in [2.75, 3.05) is 13.2 Å². The van der Waals surface area contributed by atoms with Gasteiger partial charge in [-0.15, -0.1) is 0 Å². The summed E-state index contributed by atoms with van der Waals surface area (Å²) in [4.78, 5) is 0. The van der Waals surface area contributed by atoms with Crippen molar-refractivity contribution in [2.45, 2.75) is 24.9 Å². The summed E-state index contributed by atoms with van der Waals surface area (Å²) in [5, 5.41) is 0. The van der Waals surface area contributed by atoms with Gasteiger partial charge >= 0.3 is 12.4 Å². The van der Waals surface area contributed by atoms with Crippen LogP contribution in [0.1, 0.15) is 6.92 Å². The molecule has 0 aliphatic carbocycles. The van der Waals surface area contributed by atoms with E-state index in [4.69, 9.17) is 0 Å². The van der Waals surface area contributed by atoms with Crippen molar-refractivity contribution >= 4 is 12.8 Å². The number of alkyl halides is 6. The number of thiol groups is 1. The molecule has 2 nitrogen and oxygen atoms in total. The largest absolute Gasteiger partial charge is 0.426 e. The van der Waals surface area contributed by atoms with E-state index in [2.05, 4.69) is 22.3 Å². The van der Waals surface area contributed by atoms with Gasteiger partial charge in [0.15, 0.2) is 0 Å². The fourth-order valence-electron chi connectivity index (χ4n) is 0.625. The molecule has 0 atom stereocenters. The summed E-state index contributed by atoms with van der Waals surface area (Å²) in [5.41, 5.74) is -4.15. The number of ether oxygens (including phenoxy) is 1. The van der Waals surface area contributed by atoms with E-state index in [1.165, 1.54) is 0 Å². The lowest BCUT2D eigenvalue weighted by atomic mass is 10.1. The molecule has 0 aliphatic heterocycles. The molecule has 0 aromatic rings. The zero-order chi connectivity index (χ0) is 12.3. The summed E-state index contributed by atoms with van der Waals surface area (Å²) in [6.45, 7) is -1.03. The Balaban J connectivity index is 4.74. The molecular formula is C6H9F6NOS. The van der Waals surface area contributed by atoms with Crippen LogP contribution < -0.4 is 4.72 Å². The van der Waals surface area contributed by atoms with Crippen molar-refractivity contribution in [3.8, 4) is 0 Å². The molecule has 0 rings (SSSR count). The van der Waals surface area contributed by atoms with Crippen molar-refractivity contribution in [3.63, 3.8) is 0 Å². The van der Waals surface area contributed by atoms with Crippen LogP contribution in [-0.4, -0.2) is 31.1 Å². The van der Waals surface area contributed by atoms with Gasteiger partial charge in [-0.1, -0.05) is 12.8 Å². The van der Waals surface area contributed by atoms with Gasteiger partial charge in [0.1, 0.15) is 0 Å². The Morgan fingerprint density at radius 1 is 1.07 bits per heavy atom. The Bertz CT molecular complexity index is 189. The Hall–Kier alpha value is -0.150. The summed E-state index contributed by atoms with van der Waals surface area (Å²) < 4.78 is 78.8. The molecule has 9 heteroatoms. The summed E-state index contributed by atoms with van der Waals surface area (Å²) in [5.74, 6) is 0. The fraction of sp³-hybridized carbons (Fsp3) is 1.00. The van der Waals surface area contributed by atoms with Crippen LogP contribution in [0.25, 0.3) is 0 Å². The molecule has 0 saturated carbocycles. The standard InChI is InChI=1S/C6H9F6NOS/c1-4(5(7,8)9,6(10,11)12)14-3-2-13-15/h13,15H,2-3H2,1H3. The van der Waals surface area contributed by atoms with Crippen molar-refractivity contribution in [2.24, 2.45) is 0 Å². The van der Waals surface area contributed by atoms with E-state index in [0.29, 0.717) is 0 Å². The van der Waals surface area contributed by atoms with Crippen LogP contribution in [0.15, 0.2) is 0 Å². The monoisotopic (exact) mass is 257 g/mol. The molecule has 0 aromatic heterocycles. The molecule has 0 radical (unpaired) electrons. The predicted molar refractivity (Wildman–Crippen MR) is 43.5 cm³/mol.